The number of ether oxygens (including phenoxy) is 1. The molecule has 0 N–H and O–H groups in total. The van der Waals surface area contributed by atoms with Gasteiger partial charge in [0.15, 0.2) is 0 Å². The average Bonchev–Trinajstić information content (AvgIpc) is 3.26. The van der Waals surface area contributed by atoms with Crippen molar-refractivity contribution in [3.8, 4) is 11.4 Å². The van der Waals surface area contributed by atoms with Crippen LogP contribution in [-0.4, -0.2) is 50.1 Å². The summed E-state index contributed by atoms with van der Waals surface area (Å²) >= 11 is 0. The number of hydrogen-bond acceptors (Lipinski definition) is 7. The number of rotatable bonds is 9. The fraction of sp³-hybridized carbons (Fsp3) is 0.481. The Kier molecular flexibility index (Phi) is 8.15. The van der Waals surface area contributed by atoms with E-state index in [1.807, 2.05) is 31.3 Å². The summed E-state index contributed by atoms with van der Waals surface area (Å²) in [5.74, 6) is -0.196. The van der Waals surface area contributed by atoms with Crippen LogP contribution in [-0.2, 0) is 40.8 Å². The molecule has 0 radical (unpaired) electrons. The second-order valence-electron chi connectivity index (χ2n) is 9.47. The Morgan fingerprint density at radius 3 is 2.70 bits per heavy atom. The third kappa shape index (κ3) is 5.79. The van der Waals surface area contributed by atoms with Crippen molar-refractivity contribution in [2.24, 2.45) is 13.0 Å². The molecule has 1 atom stereocenters. The first-order chi connectivity index (χ1) is 17.8. The van der Waals surface area contributed by atoms with Gasteiger partial charge in [0.05, 0.1) is 42.8 Å². The summed E-state index contributed by atoms with van der Waals surface area (Å²) in [6.07, 6.45) is 5.73. The zero-order chi connectivity index (χ0) is 26.5. The molecule has 1 aliphatic heterocycles. The van der Waals surface area contributed by atoms with Crippen LogP contribution < -0.4 is 10.5 Å². The molecule has 37 heavy (non-hydrogen) atoms. The number of aromatic nitrogens is 5. The molecule has 4 rings (SSSR count). The van der Waals surface area contributed by atoms with Crippen molar-refractivity contribution in [1.82, 2.24) is 24.5 Å². The Morgan fingerprint density at radius 2 is 1.97 bits per heavy atom. The van der Waals surface area contributed by atoms with Crippen LogP contribution >= 0.6 is 0 Å². The van der Waals surface area contributed by atoms with Crippen molar-refractivity contribution in [3.05, 3.63) is 57.8 Å². The molecule has 1 aliphatic rings. The number of carbonyl (C=O) groups excluding carboxylic acids is 2. The van der Waals surface area contributed by atoms with Crippen LogP contribution in [0, 0.1) is 5.92 Å². The second-order valence-corrected chi connectivity index (χ2v) is 9.47. The van der Waals surface area contributed by atoms with Gasteiger partial charge < -0.3 is 14.2 Å². The number of methoxy groups -OCH3 is 1. The van der Waals surface area contributed by atoms with E-state index in [0.29, 0.717) is 43.7 Å². The molecule has 1 saturated heterocycles. The van der Waals surface area contributed by atoms with Crippen LogP contribution in [0.4, 0.5) is 5.69 Å². The average molecular weight is 507 g/mol. The molecule has 3 aromatic heterocycles. The van der Waals surface area contributed by atoms with E-state index >= 15 is 0 Å². The molecule has 0 aliphatic carbocycles. The number of aryl methyl sites for hydroxylation is 3. The monoisotopic (exact) mass is 506 g/mol. The van der Waals surface area contributed by atoms with E-state index in [2.05, 4.69) is 17.2 Å². The second kappa shape index (κ2) is 11.5. The molecular formula is C27H34N6O4. The number of carbonyl (C=O) groups is 2. The molecule has 1 amide bonds. The fourth-order valence-corrected chi connectivity index (χ4v) is 4.82. The summed E-state index contributed by atoms with van der Waals surface area (Å²) in [6.45, 7) is 4.87. The van der Waals surface area contributed by atoms with E-state index in [0.717, 1.165) is 35.5 Å². The number of piperidine rings is 1. The summed E-state index contributed by atoms with van der Waals surface area (Å²) in [5.41, 5.74) is 4.54. The Bertz CT molecular complexity index is 1340. The van der Waals surface area contributed by atoms with E-state index in [1.54, 1.807) is 27.3 Å². The first kappa shape index (κ1) is 26.2. The lowest BCUT2D eigenvalue weighted by Gasteiger charge is -2.33. The topological polar surface area (TPSA) is 112 Å². The Hall–Kier alpha value is -3.82. The zero-order valence-corrected chi connectivity index (χ0v) is 21.9. The summed E-state index contributed by atoms with van der Waals surface area (Å²) in [6, 6.07) is 7.21. The predicted octanol–water partition coefficient (Wildman–Crippen LogP) is 2.91. The lowest BCUT2D eigenvalue weighted by molar-refractivity contribution is -0.142. The highest BCUT2D eigenvalue weighted by atomic mass is 16.5. The fourth-order valence-electron chi connectivity index (χ4n) is 4.82. The molecular weight excluding hydrogens is 472 g/mol. The first-order valence-corrected chi connectivity index (χ1v) is 12.8. The molecule has 196 valence electrons. The maximum atomic E-state index is 12.8. The molecule has 0 bridgehead atoms. The minimum Gasteiger partial charge on any atom is -0.469 e. The van der Waals surface area contributed by atoms with Gasteiger partial charge in [0.25, 0.3) is 5.56 Å². The Balaban J connectivity index is 1.64. The van der Waals surface area contributed by atoms with E-state index < -0.39 is 0 Å². The molecule has 0 spiro atoms. The molecule has 4 heterocycles. The van der Waals surface area contributed by atoms with Crippen LogP contribution in [0.2, 0.25) is 0 Å². The van der Waals surface area contributed by atoms with Crippen LogP contribution in [0.25, 0.3) is 11.4 Å². The Labute approximate surface area is 216 Å². The lowest BCUT2D eigenvalue weighted by atomic mass is 9.93. The smallest absolute Gasteiger partial charge is 0.305 e. The normalized spacial score (nSPS) is 15.7. The molecule has 1 fully saturated rings. The minimum atomic E-state index is -0.266. The standard InChI is InChI=1S/C27H34N6O4/c1-5-7-18-8-12-24(34)32(15-18)17-23-27(29-30-31(23)3)21-10-11-22(20(6-2)28-21)33-16-19(9-13-25(33)35)14-26(36)37-4/h8,10-12,15,19H,5-7,9,13-14,16-17H2,1-4H3/t19-/m1/s1. The van der Waals surface area contributed by atoms with Crippen molar-refractivity contribution in [3.63, 3.8) is 0 Å². The van der Waals surface area contributed by atoms with Crippen molar-refractivity contribution in [2.45, 2.75) is 58.9 Å². The summed E-state index contributed by atoms with van der Waals surface area (Å²) in [7, 11) is 3.18. The minimum absolute atomic E-state index is 0.0249. The lowest BCUT2D eigenvalue weighted by Crippen LogP contribution is -2.41. The first-order valence-electron chi connectivity index (χ1n) is 12.8. The van der Waals surface area contributed by atoms with Crippen molar-refractivity contribution in [2.75, 3.05) is 18.6 Å². The number of pyridine rings is 2. The predicted molar refractivity (Wildman–Crippen MR) is 139 cm³/mol. The molecule has 10 nitrogen and oxygen atoms in total. The zero-order valence-electron chi connectivity index (χ0n) is 21.9. The van der Waals surface area contributed by atoms with Gasteiger partial charge in [-0.05, 0) is 42.9 Å². The van der Waals surface area contributed by atoms with E-state index in [1.165, 1.54) is 7.11 Å². The molecule has 0 unspecified atom stereocenters. The van der Waals surface area contributed by atoms with E-state index in [9.17, 15) is 14.4 Å². The number of amides is 1. The Morgan fingerprint density at radius 1 is 1.16 bits per heavy atom. The van der Waals surface area contributed by atoms with Gasteiger partial charge in [-0.2, -0.15) is 0 Å². The van der Waals surface area contributed by atoms with Crippen molar-refractivity contribution < 1.29 is 14.3 Å². The largest absolute Gasteiger partial charge is 0.469 e. The number of nitrogens with zero attached hydrogens (tertiary/aromatic N) is 6. The van der Waals surface area contributed by atoms with Gasteiger partial charge in [-0.15, -0.1) is 5.10 Å². The SMILES string of the molecule is CCCc1ccc(=O)n(Cc2c(-c3ccc(N4C[C@@H](CC(=O)OC)CCC4=O)c(CC)n3)nnn2C)c1. The molecule has 0 aromatic carbocycles. The quantitative estimate of drug-likeness (QED) is 0.410. The van der Waals surface area contributed by atoms with Gasteiger partial charge in [-0.3, -0.25) is 14.4 Å². The van der Waals surface area contributed by atoms with Gasteiger partial charge in [-0.25, -0.2) is 9.67 Å². The highest BCUT2D eigenvalue weighted by molar-refractivity contribution is 5.95. The van der Waals surface area contributed by atoms with Crippen molar-refractivity contribution >= 4 is 17.6 Å². The van der Waals surface area contributed by atoms with Gasteiger partial charge in [0.2, 0.25) is 5.91 Å². The summed E-state index contributed by atoms with van der Waals surface area (Å²) in [5, 5.41) is 8.57. The maximum absolute atomic E-state index is 12.8. The molecule has 0 saturated carbocycles. The van der Waals surface area contributed by atoms with E-state index in [-0.39, 0.29) is 29.8 Å². The van der Waals surface area contributed by atoms with Crippen molar-refractivity contribution in [1.29, 1.82) is 0 Å². The number of anilines is 1. The van der Waals surface area contributed by atoms with Gasteiger partial charge in [0.1, 0.15) is 5.69 Å². The van der Waals surface area contributed by atoms with Gasteiger partial charge in [0, 0.05) is 32.3 Å². The summed E-state index contributed by atoms with van der Waals surface area (Å²) in [4.78, 5) is 43.8. The van der Waals surface area contributed by atoms with Gasteiger partial charge in [-0.1, -0.05) is 31.5 Å². The third-order valence-corrected chi connectivity index (χ3v) is 6.86. The molecule has 3 aromatic rings. The third-order valence-electron chi connectivity index (χ3n) is 6.86. The van der Waals surface area contributed by atoms with Crippen LogP contribution in [0.3, 0.4) is 0 Å². The highest BCUT2D eigenvalue weighted by Gasteiger charge is 2.30. The number of esters is 1. The van der Waals surface area contributed by atoms with Crippen LogP contribution in [0.1, 0.15) is 56.5 Å². The maximum Gasteiger partial charge on any atom is 0.305 e. The van der Waals surface area contributed by atoms with E-state index in [4.69, 9.17) is 9.72 Å². The molecule has 10 heteroatoms. The highest BCUT2D eigenvalue weighted by Crippen LogP contribution is 2.31. The summed E-state index contributed by atoms with van der Waals surface area (Å²) < 4.78 is 8.17. The van der Waals surface area contributed by atoms with Crippen LogP contribution in [0.5, 0.6) is 0 Å². The van der Waals surface area contributed by atoms with Gasteiger partial charge >= 0.3 is 5.97 Å². The van der Waals surface area contributed by atoms with Crippen LogP contribution in [0.15, 0.2) is 35.3 Å². The number of hydrogen-bond donors (Lipinski definition) is 0.